The van der Waals surface area contributed by atoms with Crippen LogP contribution in [0.3, 0.4) is 0 Å². The van der Waals surface area contributed by atoms with E-state index in [0.717, 1.165) is 33.2 Å². The van der Waals surface area contributed by atoms with E-state index in [1.165, 1.54) is 0 Å². The molecule has 0 aromatic heterocycles. The number of hydrogen-bond acceptors (Lipinski definition) is 4. The van der Waals surface area contributed by atoms with E-state index in [1.54, 1.807) is 0 Å². The zero-order valence-corrected chi connectivity index (χ0v) is 19.2. The van der Waals surface area contributed by atoms with Gasteiger partial charge in [0, 0.05) is 10.7 Å². The summed E-state index contributed by atoms with van der Waals surface area (Å²) >= 11 is 3.58. The van der Waals surface area contributed by atoms with Crippen LogP contribution in [0.2, 0.25) is 0 Å². The molecule has 0 bridgehead atoms. The third-order valence-electron chi connectivity index (χ3n) is 4.57. The molecule has 4 nitrogen and oxygen atoms in total. The van der Waals surface area contributed by atoms with Crippen molar-refractivity contribution >= 4 is 34.3 Å². The van der Waals surface area contributed by atoms with E-state index in [-0.39, 0.29) is 6.16 Å². The topological polar surface area (TPSA) is 44.8 Å². The van der Waals surface area contributed by atoms with Crippen molar-refractivity contribution in [2.45, 2.75) is 31.9 Å². The third-order valence-corrected chi connectivity index (χ3v) is 7.21. The minimum Gasteiger partial charge on any atom is -0.488 e. The van der Waals surface area contributed by atoms with Gasteiger partial charge in [-0.2, -0.15) is 0 Å². The van der Waals surface area contributed by atoms with Crippen molar-refractivity contribution in [3.8, 4) is 5.75 Å². The lowest BCUT2D eigenvalue weighted by Gasteiger charge is -2.20. The monoisotopic (exact) mass is 476 g/mol. The van der Waals surface area contributed by atoms with Crippen LogP contribution in [0, 0.1) is 0 Å². The molecule has 0 amide bonds. The normalized spacial score (nSPS) is 11.7. The van der Waals surface area contributed by atoms with Crippen LogP contribution in [0.15, 0.2) is 60.7 Å². The maximum atomic E-state index is 13.1. The quantitative estimate of drug-likeness (QED) is 0.231. The molecule has 6 heteroatoms. The average molecular weight is 477 g/mol. The van der Waals surface area contributed by atoms with Crippen LogP contribution in [0.5, 0.6) is 5.75 Å². The largest absolute Gasteiger partial charge is 0.488 e. The van der Waals surface area contributed by atoms with E-state index in [0.29, 0.717) is 25.2 Å². The van der Waals surface area contributed by atoms with E-state index < -0.39 is 7.60 Å². The van der Waals surface area contributed by atoms with Gasteiger partial charge in [0.2, 0.25) is 0 Å². The Kier molecular flexibility index (Phi) is 7.91. The fourth-order valence-electron chi connectivity index (χ4n) is 3.37. The molecule has 0 unspecified atom stereocenters. The fraction of sp³-hybridized carbons (Fsp3) is 0.304. The zero-order chi connectivity index (χ0) is 20.7. The zero-order valence-electron chi connectivity index (χ0n) is 16.8. The van der Waals surface area contributed by atoms with Crippen LogP contribution >= 0.6 is 23.5 Å². The molecule has 29 heavy (non-hydrogen) atoms. The SMILES string of the molecule is CCOP(=O)(Cc1ccc(OCc2ccccc2)c2cccc(CBr)c12)OCC. The molecule has 0 aliphatic heterocycles. The van der Waals surface area contributed by atoms with Crippen LogP contribution in [0.4, 0.5) is 0 Å². The van der Waals surface area contributed by atoms with E-state index in [1.807, 2.05) is 68.4 Å². The summed E-state index contributed by atoms with van der Waals surface area (Å²) < 4.78 is 30.3. The summed E-state index contributed by atoms with van der Waals surface area (Å²) in [5, 5.41) is 2.72. The molecule has 0 spiro atoms. The highest BCUT2D eigenvalue weighted by molar-refractivity contribution is 9.08. The molecule has 0 aliphatic carbocycles. The Hall–Kier alpha value is -1.65. The van der Waals surface area contributed by atoms with E-state index in [4.69, 9.17) is 13.8 Å². The number of rotatable bonds is 10. The summed E-state index contributed by atoms with van der Waals surface area (Å²) in [7, 11) is -3.21. The Morgan fingerprint density at radius 1 is 0.862 bits per heavy atom. The minimum atomic E-state index is -3.21. The molecule has 154 valence electrons. The second-order valence-corrected chi connectivity index (χ2v) is 9.19. The van der Waals surface area contributed by atoms with Crippen LogP contribution in [-0.4, -0.2) is 13.2 Å². The van der Waals surface area contributed by atoms with E-state index >= 15 is 0 Å². The lowest BCUT2D eigenvalue weighted by Crippen LogP contribution is -2.02. The fourth-order valence-corrected chi connectivity index (χ4v) is 5.56. The first-order chi connectivity index (χ1) is 14.1. The van der Waals surface area contributed by atoms with Crippen molar-refractivity contribution < 1.29 is 18.3 Å². The molecule has 0 N–H and O–H groups in total. The van der Waals surface area contributed by atoms with Gasteiger partial charge >= 0.3 is 7.60 Å². The second kappa shape index (κ2) is 10.4. The first kappa shape index (κ1) is 22.0. The molecule has 3 aromatic carbocycles. The van der Waals surface area contributed by atoms with Gasteiger partial charge in [-0.15, -0.1) is 0 Å². The van der Waals surface area contributed by atoms with Crippen LogP contribution in [-0.2, 0) is 31.7 Å². The molecule has 0 fully saturated rings. The highest BCUT2D eigenvalue weighted by atomic mass is 79.9. The Balaban J connectivity index is 2.00. The van der Waals surface area contributed by atoms with Gasteiger partial charge in [0.1, 0.15) is 12.4 Å². The smallest absolute Gasteiger partial charge is 0.335 e. The number of hydrogen-bond donors (Lipinski definition) is 0. The Labute approximate surface area is 180 Å². The predicted octanol–water partition coefficient (Wildman–Crippen LogP) is 7.08. The van der Waals surface area contributed by atoms with E-state index in [9.17, 15) is 4.57 Å². The van der Waals surface area contributed by atoms with Crippen LogP contribution < -0.4 is 4.74 Å². The van der Waals surface area contributed by atoms with Crippen molar-refractivity contribution in [2.24, 2.45) is 0 Å². The first-order valence-electron chi connectivity index (χ1n) is 9.74. The van der Waals surface area contributed by atoms with Gasteiger partial charge in [0.05, 0.1) is 19.4 Å². The Bertz CT molecular complexity index is 981. The summed E-state index contributed by atoms with van der Waals surface area (Å²) in [6.45, 7) is 4.84. The van der Waals surface area contributed by atoms with Gasteiger partial charge < -0.3 is 13.8 Å². The van der Waals surface area contributed by atoms with Gasteiger partial charge in [0.25, 0.3) is 0 Å². The van der Waals surface area contributed by atoms with Gasteiger partial charge in [-0.1, -0.05) is 70.5 Å². The number of fused-ring (bicyclic) bond motifs is 1. The highest BCUT2D eigenvalue weighted by Gasteiger charge is 2.26. The third kappa shape index (κ3) is 5.49. The Morgan fingerprint density at radius 2 is 1.59 bits per heavy atom. The summed E-state index contributed by atoms with van der Waals surface area (Å²) in [6.07, 6.45) is 0.230. The van der Waals surface area contributed by atoms with Crippen molar-refractivity contribution in [1.29, 1.82) is 0 Å². The maximum absolute atomic E-state index is 13.1. The highest BCUT2D eigenvalue weighted by Crippen LogP contribution is 2.52. The lowest BCUT2D eigenvalue weighted by atomic mass is 10.00. The molecule has 0 saturated heterocycles. The van der Waals surface area contributed by atoms with Gasteiger partial charge in [-0.25, -0.2) is 0 Å². The molecule has 0 radical (unpaired) electrons. The number of halogens is 1. The lowest BCUT2D eigenvalue weighted by molar-refractivity contribution is 0.219. The van der Waals surface area contributed by atoms with Gasteiger partial charge in [0.15, 0.2) is 0 Å². The van der Waals surface area contributed by atoms with Crippen molar-refractivity contribution in [2.75, 3.05) is 13.2 Å². The second-order valence-electron chi connectivity index (χ2n) is 6.57. The molecule has 0 atom stereocenters. The molecule has 0 aliphatic rings. The average Bonchev–Trinajstić information content (AvgIpc) is 2.73. The molecular weight excluding hydrogens is 451 g/mol. The molecule has 3 aromatic rings. The number of benzene rings is 3. The summed E-state index contributed by atoms with van der Waals surface area (Å²) in [5.74, 6) is 0.804. The van der Waals surface area contributed by atoms with Crippen molar-refractivity contribution in [3.63, 3.8) is 0 Å². The number of alkyl halides is 1. The standard InChI is InChI=1S/C23H26BrO4P/c1-3-27-29(25,28-4-2)17-20-13-14-22(26-16-18-9-6-5-7-10-18)21-12-8-11-19(15-24)23(20)21/h5-14H,3-4,15-17H2,1-2H3. The minimum absolute atomic E-state index is 0.230. The van der Waals surface area contributed by atoms with Crippen molar-refractivity contribution in [3.05, 3.63) is 77.4 Å². The summed E-state index contributed by atoms with van der Waals surface area (Å²) in [4.78, 5) is 0. The van der Waals surface area contributed by atoms with Gasteiger partial charge in [-0.05, 0) is 42.0 Å². The number of ether oxygens (including phenoxy) is 1. The molecular formula is C23H26BrO4P. The predicted molar refractivity (Wildman–Crippen MR) is 122 cm³/mol. The molecule has 3 rings (SSSR count). The van der Waals surface area contributed by atoms with Gasteiger partial charge in [-0.3, -0.25) is 4.57 Å². The summed E-state index contributed by atoms with van der Waals surface area (Å²) in [6, 6.07) is 20.1. The molecule has 0 saturated carbocycles. The maximum Gasteiger partial charge on any atom is 0.335 e. The Morgan fingerprint density at radius 3 is 2.24 bits per heavy atom. The summed E-state index contributed by atoms with van der Waals surface area (Å²) in [5.41, 5.74) is 3.16. The van der Waals surface area contributed by atoms with Crippen molar-refractivity contribution in [1.82, 2.24) is 0 Å². The van der Waals surface area contributed by atoms with Crippen LogP contribution in [0.1, 0.15) is 30.5 Å². The van der Waals surface area contributed by atoms with E-state index in [2.05, 4.69) is 22.0 Å². The first-order valence-corrected chi connectivity index (χ1v) is 12.6. The van der Waals surface area contributed by atoms with Crippen LogP contribution in [0.25, 0.3) is 10.8 Å². The molecule has 0 heterocycles.